The van der Waals surface area contributed by atoms with Crippen LogP contribution in [0.15, 0.2) is 47.9 Å². The van der Waals surface area contributed by atoms with Gasteiger partial charge in [-0.3, -0.25) is 10.1 Å². The van der Waals surface area contributed by atoms with Crippen molar-refractivity contribution in [2.24, 2.45) is 0 Å². The second-order valence-corrected chi connectivity index (χ2v) is 7.40. The molecule has 0 atom stereocenters. The summed E-state index contributed by atoms with van der Waals surface area (Å²) in [5.74, 6) is -0.234. The summed E-state index contributed by atoms with van der Waals surface area (Å²) in [6, 6.07) is 11.7. The Morgan fingerprint density at radius 3 is 2.62 bits per heavy atom. The van der Waals surface area contributed by atoms with Gasteiger partial charge >= 0.3 is 0 Å². The van der Waals surface area contributed by atoms with E-state index >= 15 is 0 Å². The number of thiazole rings is 1. The number of hydrogen-bond acceptors (Lipinski definition) is 3. The molecule has 0 radical (unpaired) electrons. The van der Waals surface area contributed by atoms with Gasteiger partial charge in [-0.1, -0.05) is 35.9 Å². The molecule has 0 aliphatic heterocycles. The van der Waals surface area contributed by atoms with Gasteiger partial charge in [0, 0.05) is 22.0 Å². The SMILES string of the molecule is Cc1cc(C)c(-c2csc(NC(=O)/C=C/c3ccccc3Cl)n2)cc1C. The normalized spacial score (nSPS) is 11.1. The number of nitrogens with one attached hydrogen (secondary N) is 1. The van der Waals surface area contributed by atoms with E-state index in [0.717, 1.165) is 16.8 Å². The van der Waals surface area contributed by atoms with Crippen molar-refractivity contribution < 1.29 is 4.79 Å². The lowest BCUT2D eigenvalue weighted by Crippen LogP contribution is -2.07. The summed E-state index contributed by atoms with van der Waals surface area (Å²) in [4.78, 5) is 16.7. The number of halogens is 1. The molecule has 132 valence electrons. The molecule has 0 unspecified atom stereocenters. The van der Waals surface area contributed by atoms with Gasteiger partial charge in [-0.2, -0.15) is 0 Å². The first kappa shape index (κ1) is 18.4. The third kappa shape index (κ3) is 4.21. The average molecular weight is 383 g/mol. The lowest BCUT2D eigenvalue weighted by molar-refractivity contribution is -0.111. The average Bonchev–Trinajstić information content (AvgIpc) is 3.05. The molecule has 1 aromatic heterocycles. The van der Waals surface area contributed by atoms with Crippen molar-refractivity contribution in [2.75, 3.05) is 5.32 Å². The number of aryl methyl sites for hydroxylation is 3. The van der Waals surface area contributed by atoms with Crippen molar-refractivity contribution in [3.05, 3.63) is 75.1 Å². The number of carbonyl (C=O) groups is 1. The predicted molar refractivity (Wildman–Crippen MR) is 111 cm³/mol. The molecule has 0 aliphatic carbocycles. The summed E-state index contributed by atoms with van der Waals surface area (Å²) < 4.78 is 0. The fraction of sp³-hybridized carbons (Fsp3) is 0.143. The van der Waals surface area contributed by atoms with E-state index in [0.29, 0.717) is 10.2 Å². The molecule has 0 saturated carbocycles. The summed E-state index contributed by atoms with van der Waals surface area (Å²) in [5, 5.41) is 5.95. The Balaban J connectivity index is 1.74. The summed E-state index contributed by atoms with van der Waals surface area (Å²) in [6.07, 6.45) is 3.16. The van der Waals surface area contributed by atoms with Gasteiger partial charge in [-0.25, -0.2) is 4.98 Å². The van der Waals surface area contributed by atoms with Gasteiger partial charge in [0.15, 0.2) is 5.13 Å². The highest BCUT2D eigenvalue weighted by Crippen LogP contribution is 2.29. The number of rotatable bonds is 4. The summed E-state index contributed by atoms with van der Waals surface area (Å²) in [5.41, 5.74) is 6.44. The van der Waals surface area contributed by atoms with Crippen molar-refractivity contribution in [3.63, 3.8) is 0 Å². The Labute approximate surface area is 162 Å². The number of hydrogen-bond donors (Lipinski definition) is 1. The zero-order valence-corrected chi connectivity index (χ0v) is 16.4. The maximum atomic E-state index is 12.1. The van der Waals surface area contributed by atoms with Crippen LogP contribution in [0.25, 0.3) is 17.3 Å². The molecule has 0 aliphatic rings. The zero-order chi connectivity index (χ0) is 18.7. The van der Waals surface area contributed by atoms with E-state index in [4.69, 9.17) is 11.6 Å². The second-order valence-electron chi connectivity index (χ2n) is 6.13. The summed E-state index contributed by atoms with van der Waals surface area (Å²) in [6.45, 7) is 6.27. The van der Waals surface area contributed by atoms with Crippen molar-refractivity contribution in [1.82, 2.24) is 4.98 Å². The lowest BCUT2D eigenvalue weighted by atomic mass is 9.99. The molecule has 1 N–H and O–H groups in total. The molecule has 26 heavy (non-hydrogen) atoms. The van der Waals surface area contributed by atoms with Crippen LogP contribution >= 0.6 is 22.9 Å². The highest BCUT2D eigenvalue weighted by atomic mass is 35.5. The van der Waals surface area contributed by atoms with Gasteiger partial charge in [-0.15, -0.1) is 11.3 Å². The number of carbonyl (C=O) groups excluding carboxylic acids is 1. The Hall–Kier alpha value is -2.43. The second kappa shape index (κ2) is 7.85. The number of anilines is 1. The topological polar surface area (TPSA) is 42.0 Å². The maximum absolute atomic E-state index is 12.1. The van der Waals surface area contributed by atoms with E-state index in [1.54, 1.807) is 12.1 Å². The predicted octanol–water partition coefficient (Wildman–Crippen LogP) is 6.04. The minimum Gasteiger partial charge on any atom is -0.298 e. The summed E-state index contributed by atoms with van der Waals surface area (Å²) in [7, 11) is 0. The largest absolute Gasteiger partial charge is 0.298 e. The van der Waals surface area contributed by atoms with Gasteiger partial charge in [0.2, 0.25) is 5.91 Å². The molecule has 2 aromatic carbocycles. The van der Waals surface area contributed by atoms with E-state index in [-0.39, 0.29) is 5.91 Å². The first-order chi connectivity index (χ1) is 12.4. The van der Waals surface area contributed by atoms with Crippen LogP contribution in [0.2, 0.25) is 5.02 Å². The minimum absolute atomic E-state index is 0.234. The molecule has 1 amide bonds. The minimum atomic E-state index is -0.234. The Bertz CT molecular complexity index is 991. The van der Waals surface area contributed by atoms with Gasteiger partial charge in [0.05, 0.1) is 5.69 Å². The fourth-order valence-electron chi connectivity index (χ4n) is 2.61. The van der Waals surface area contributed by atoms with E-state index in [1.165, 1.54) is 34.1 Å². The summed E-state index contributed by atoms with van der Waals surface area (Å²) >= 11 is 7.50. The number of nitrogens with zero attached hydrogens (tertiary/aromatic N) is 1. The smallest absolute Gasteiger partial charge is 0.250 e. The molecule has 3 aromatic rings. The molecule has 0 fully saturated rings. The van der Waals surface area contributed by atoms with Crippen LogP contribution < -0.4 is 5.32 Å². The van der Waals surface area contributed by atoms with Gasteiger partial charge in [0.1, 0.15) is 0 Å². The third-order valence-electron chi connectivity index (χ3n) is 4.17. The van der Waals surface area contributed by atoms with Gasteiger partial charge < -0.3 is 0 Å². The van der Waals surface area contributed by atoms with E-state index in [1.807, 2.05) is 23.6 Å². The van der Waals surface area contributed by atoms with Crippen molar-refractivity contribution in [2.45, 2.75) is 20.8 Å². The van der Waals surface area contributed by atoms with Crippen LogP contribution in [-0.2, 0) is 4.79 Å². The molecular formula is C21H19ClN2OS. The number of amides is 1. The maximum Gasteiger partial charge on any atom is 0.250 e. The Morgan fingerprint density at radius 2 is 1.85 bits per heavy atom. The van der Waals surface area contributed by atoms with Crippen LogP contribution in [0, 0.1) is 20.8 Å². The zero-order valence-electron chi connectivity index (χ0n) is 14.8. The van der Waals surface area contributed by atoms with Crippen molar-refractivity contribution >= 4 is 40.1 Å². The molecule has 3 nitrogen and oxygen atoms in total. The molecule has 0 spiro atoms. The van der Waals surface area contributed by atoms with Crippen LogP contribution in [0.3, 0.4) is 0 Å². The van der Waals surface area contributed by atoms with E-state index in [2.05, 4.69) is 43.2 Å². The van der Waals surface area contributed by atoms with Crippen molar-refractivity contribution in [3.8, 4) is 11.3 Å². The van der Waals surface area contributed by atoms with E-state index < -0.39 is 0 Å². The standard InChI is InChI=1S/C21H19ClN2OS/c1-13-10-15(3)17(11-14(13)2)19-12-26-21(23-19)24-20(25)9-8-16-6-4-5-7-18(16)22/h4-12H,1-3H3,(H,23,24,25)/b9-8+. The molecule has 3 rings (SSSR count). The quantitative estimate of drug-likeness (QED) is 0.559. The van der Waals surface area contributed by atoms with Crippen LogP contribution in [0.4, 0.5) is 5.13 Å². The molecule has 1 heterocycles. The van der Waals surface area contributed by atoms with E-state index in [9.17, 15) is 4.79 Å². The Kier molecular flexibility index (Phi) is 5.55. The van der Waals surface area contributed by atoms with Crippen LogP contribution in [0.1, 0.15) is 22.3 Å². The van der Waals surface area contributed by atoms with Crippen molar-refractivity contribution in [1.29, 1.82) is 0 Å². The molecule has 5 heteroatoms. The fourth-order valence-corrected chi connectivity index (χ4v) is 3.53. The molecule has 0 bridgehead atoms. The number of aromatic nitrogens is 1. The first-order valence-electron chi connectivity index (χ1n) is 8.21. The van der Waals surface area contributed by atoms with Crippen LogP contribution in [0.5, 0.6) is 0 Å². The molecular weight excluding hydrogens is 364 g/mol. The monoisotopic (exact) mass is 382 g/mol. The highest BCUT2D eigenvalue weighted by Gasteiger charge is 2.10. The highest BCUT2D eigenvalue weighted by molar-refractivity contribution is 7.14. The third-order valence-corrected chi connectivity index (χ3v) is 5.27. The van der Waals surface area contributed by atoms with Gasteiger partial charge in [0.25, 0.3) is 0 Å². The van der Waals surface area contributed by atoms with Crippen LogP contribution in [-0.4, -0.2) is 10.9 Å². The first-order valence-corrected chi connectivity index (χ1v) is 9.47. The Morgan fingerprint density at radius 1 is 1.12 bits per heavy atom. The lowest BCUT2D eigenvalue weighted by Gasteiger charge is -2.07. The number of benzene rings is 2. The van der Waals surface area contributed by atoms with Gasteiger partial charge in [-0.05, 0) is 61.2 Å². The molecule has 0 saturated heterocycles.